The van der Waals surface area contributed by atoms with E-state index in [1.807, 2.05) is 0 Å². The van der Waals surface area contributed by atoms with Crippen LogP contribution in [0.3, 0.4) is 0 Å². The fraction of sp³-hybridized carbons (Fsp3) is 0.353. The SMILES string of the molecule is COC(=O)c1ccc(N2CCC(Oc3ccc(F)cc3)CC2)nn1. The number of methoxy groups -OCH3 is 1. The van der Waals surface area contributed by atoms with Crippen LogP contribution in [0.2, 0.25) is 0 Å². The van der Waals surface area contributed by atoms with Crippen molar-refractivity contribution in [1.29, 1.82) is 0 Å². The molecule has 1 aliphatic heterocycles. The molecular formula is C17H18FN3O3. The van der Waals surface area contributed by atoms with Crippen LogP contribution < -0.4 is 9.64 Å². The van der Waals surface area contributed by atoms with Crippen molar-refractivity contribution in [3.63, 3.8) is 0 Å². The Kier molecular flexibility index (Phi) is 4.88. The molecule has 2 aromatic rings. The number of nitrogens with zero attached hydrogens (tertiary/aromatic N) is 3. The first-order chi connectivity index (χ1) is 11.7. The minimum atomic E-state index is -0.500. The summed E-state index contributed by atoms with van der Waals surface area (Å²) in [6.45, 7) is 1.55. The zero-order valence-electron chi connectivity index (χ0n) is 13.3. The highest BCUT2D eigenvalue weighted by Gasteiger charge is 2.22. The summed E-state index contributed by atoms with van der Waals surface area (Å²) >= 11 is 0. The number of aromatic nitrogens is 2. The molecule has 0 radical (unpaired) electrons. The Hall–Kier alpha value is -2.70. The van der Waals surface area contributed by atoms with Crippen molar-refractivity contribution >= 4 is 11.8 Å². The Morgan fingerprint density at radius 2 is 1.83 bits per heavy atom. The van der Waals surface area contributed by atoms with Gasteiger partial charge in [-0.25, -0.2) is 9.18 Å². The van der Waals surface area contributed by atoms with Gasteiger partial charge >= 0.3 is 5.97 Å². The molecule has 0 saturated carbocycles. The Balaban J connectivity index is 1.54. The number of carbonyl (C=O) groups excluding carboxylic acids is 1. The van der Waals surface area contributed by atoms with Crippen molar-refractivity contribution in [1.82, 2.24) is 10.2 Å². The van der Waals surface area contributed by atoms with E-state index in [1.165, 1.54) is 19.2 Å². The molecule has 126 valence electrons. The summed E-state index contributed by atoms with van der Waals surface area (Å²) < 4.78 is 23.4. The van der Waals surface area contributed by atoms with Gasteiger partial charge in [0.05, 0.1) is 7.11 Å². The van der Waals surface area contributed by atoms with E-state index >= 15 is 0 Å². The van der Waals surface area contributed by atoms with Gasteiger partial charge in [-0.15, -0.1) is 10.2 Å². The maximum Gasteiger partial charge on any atom is 0.358 e. The first-order valence-corrected chi connectivity index (χ1v) is 7.75. The molecule has 6 nitrogen and oxygen atoms in total. The predicted molar refractivity (Wildman–Crippen MR) is 85.6 cm³/mol. The fourth-order valence-corrected chi connectivity index (χ4v) is 2.62. The van der Waals surface area contributed by atoms with Crippen LogP contribution in [0.25, 0.3) is 0 Å². The van der Waals surface area contributed by atoms with E-state index in [2.05, 4.69) is 19.8 Å². The predicted octanol–water partition coefficient (Wildman–Crippen LogP) is 2.45. The topological polar surface area (TPSA) is 64.5 Å². The number of halogens is 1. The third-order valence-corrected chi connectivity index (χ3v) is 3.93. The number of hydrogen-bond donors (Lipinski definition) is 0. The molecular weight excluding hydrogens is 313 g/mol. The Labute approximate surface area is 139 Å². The summed E-state index contributed by atoms with van der Waals surface area (Å²) in [4.78, 5) is 13.5. The zero-order chi connectivity index (χ0) is 16.9. The lowest BCUT2D eigenvalue weighted by molar-refractivity contribution is 0.0592. The van der Waals surface area contributed by atoms with Crippen LogP contribution in [0.15, 0.2) is 36.4 Å². The minimum absolute atomic E-state index is 0.0917. The molecule has 0 spiro atoms. The highest BCUT2D eigenvalue weighted by Crippen LogP contribution is 2.22. The van der Waals surface area contributed by atoms with Crippen molar-refractivity contribution in [2.75, 3.05) is 25.1 Å². The number of anilines is 1. The quantitative estimate of drug-likeness (QED) is 0.802. The number of rotatable bonds is 4. The molecule has 1 saturated heterocycles. The lowest BCUT2D eigenvalue weighted by Gasteiger charge is -2.32. The highest BCUT2D eigenvalue weighted by atomic mass is 19.1. The standard InChI is InChI=1S/C17H18FN3O3/c1-23-17(22)15-6-7-16(20-19-15)21-10-8-14(9-11-21)24-13-4-2-12(18)3-5-13/h2-7,14H,8-11H2,1H3. The summed E-state index contributed by atoms with van der Waals surface area (Å²) in [6.07, 6.45) is 1.75. The minimum Gasteiger partial charge on any atom is -0.490 e. The van der Waals surface area contributed by atoms with E-state index in [-0.39, 0.29) is 17.6 Å². The lowest BCUT2D eigenvalue weighted by atomic mass is 10.1. The monoisotopic (exact) mass is 331 g/mol. The van der Waals surface area contributed by atoms with Crippen LogP contribution in [0, 0.1) is 5.82 Å². The Morgan fingerprint density at radius 1 is 1.12 bits per heavy atom. The number of ether oxygens (including phenoxy) is 2. The van der Waals surface area contributed by atoms with Crippen LogP contribution in [-0.2, 0) is 4.74 Å². The molecule has 0 N–H and O–H groups in total. The van der Waals surface area contributed by atoms with Crippen molar-refractivity contribution in [3.8, 4) is 5.75 Å². The van der Waals surface area contributed by atoms with E-state index in [0.29, 0.717) is 5.75 Å². The lowest BCUT2D eigenvalue weighted by Crippen LogP contribution is -2.38. The van der Waals surface area contributed by atoms with Crippen molar-refractivity contribution in [2.45, 2.75) is 18.9 Å². The van der Waals surface area contributed by atoms with Gasteiger partial charge in [0.25, 0.3) is 0 Å². The van der Waals surface area contributed by atoms with Crippen LogP contribution in [-0.4, -0.2) is 42.5 Å². The normalized spacial score (nSPS) is 15.2. The van der Waals surface area contributed by atoms with E-state index in [0.717, 1.165) is 31.7 Å². The van der Waals surface area contributed by atoms with Crippen molar-refractivity contribution < 1.29 is 18.7 Å². The second kappa shape index (κ2) is 7.25. The van der Waals surface area contributed by atoms with E-state index in [9.17, 15) is 9.18 Å². The van der Waals surface area contributed by atoms with Gasteiger partial charge in [0.1, 0.15) is 17.7 Å². The molecule has 3 rings (SSSR count). The second-order valence-corrected chi connectivity index (χ2v) is 5.53. The number of piperidine rings is 1. The van der Waals surface area contributed by atoms with Gasteiger partial charge in [-0.1, -0.05) is 0 Å². The van der Waals surface area contributed by atoms with Gasteiger partial charge in [-0.05, 0) is 36.4 Å². The van der Waals surface area contributed by atoms with Gasteiger partial charge < -0.3 is 14.4 Å². The first kappa shape index (κ1) is 16.2. The maximum absolute atomic E-state index is 12.9. The summed E-state index contributed by atoms with van der Waals surface area (Å²) in [7, 11) is 1.31. The van der Waals surface area contributed by atoms with Crippen LogP contribution in [0.4, 0.5) is 10.2 Å². The Bertz CT molecular complexity index is 683. The molecule has 0 atom stereocenters. The van der Waals surface area contributed by atoms with Gasteiger partial charge in [0.2, 0.25) is 0 Å². The van der Waals surface area contributed by atoms with Crippen molar-refractivity contribution in [2.24, 2.45) is 0 Å². The number of hydrogen-bond acceptors (Lipinski definition) is 6. The first-order valence-electron chi connectivity index (χ1n) is 7.75. The fourth-order valence-electron chi connectivity index (χ4n) is 2.62. The molecule has 0 bridgehead atoms. The summed E-state index contributed by atoms with van der Waals surface area (Å²) in [5, 5.41) is 7.97. The van der Waals surface area contributed by atoms with E-state index < -0.39 is 5.97 Å². The van der Waals surface area contributed by atoms with Crippen LogP contribution in [0.1, 0.15) is 23.3 Å². The smallest absolute Gasteiger partial charge is 0.358 e. The average molecular weight is 331 g/mol. The molecule has 1 fully saturated rings. The highest BCUT2D eigenvalue weighted by molar-refractivity contribution is 5.86. The van der Waals surface area contributed by atoms with Crippen LogP contribution in [0.5, 0.6) is 5.75 Å². The zero-order valence-corrected chi connectivity index (χ0v) is 13.3. The number of carbonyl (C=O) groups is 1. The Morgan fingerprint density at radius 3 is 2.42 bits per heavy atom. The summed E-state index contributed by atoms with van der Waals surface area (Å²) in [6, 6.07) is 9.43. The number of esters is 1. The van der Waals surface area contributed by atoms with Crippen LogP contribution >= 0.6 is 0 Å². The molecule has 7 heteroatoms. The molecule has 24 heavy (non-hydrogen) atoms. The molecule has 1 aromatic carbocycles. The molecule has 2 heterocycles. The van der Waals surface area contributed by atoms with Gasteiger partial charge in [0, 0.05) is 25.9 Å². The second-order valence-electron chi connectivity index (χ2n) is 5.53. The maximum atomic E-state index is 12.9. The third kappa shape index (κ3) is 3.79. The molecule has 0 unspecified atom stereocenters. The number of benzene rings is 1. The van der Waals surface area contributed by atoms with Gasteiger partial charge in [0.15, 0.2) is 11.5 Å². The average Bonchev–Trinajstić information content (AvgIpc) is 2.64. The molecule has 0 aliphatic carbocycles. The van der Waals surface area contributed by atoms with E-state index in [1.54, 1.807) is 24.3 Å². The van der Waals surface area contributed by atoms with E-state index in [4.69, 9.17) is 4.74 Å². The van der Waals surface area contributed by atoms with Gasteiger partial charge in [-0.2, -0.15) is 0 Å². The van der Waals surface area contributed by atoms with Gasteiger partial charge in [-0.3, -0.25) is 0 Å². The molecule has 1 aliphatic rings. The largest absolute Gasteiger partial charge is 0.490 e. The molecule has 1 aromatic heterocycles. The summed E-state index contributed by atoms with van der Waals surface area (Å²) in [5.74, 6) is 0.631. The summed E-state index contributed by atoms with van der Waals surface area (Å²) in [5.41, 5.74) is 0.191. The third-order valence-electron chi connectivity index (χ3n) is 3.93. The molecule has 0 amide bonds. The van der Waals surface area contributed by atoms with Crippen molar-refractivity contribution in [3.05, 3.63) is 47.9 Å².